The smallest absolute Gasteiger partial charge is 0.340 e. The highest BCUT2D eigenvalue weighted by molar-refractivity contribution is 9.11. The van der Waals surface area contributed by atoms with Crippen LogP contribution < -0.4 is 14.8 Å². The molecular weight excluding hydrogens is 686 g/mol. The van der Waals surface area contributed by atoms with E-state index in [1.807, 2.05) is 42.5 Å². The summed E-state index contributed by atoms with van der Waals surface area (Å²) in [5, 5.41) is 2.90. The molecule has 7 nitrogen and oxygen atoms in total. The highest BCUT2D eigenvalue weighted by atomic mass is 79.9. The monoisotopic (exact) mass is 711 g/mol. The molecule has 1 N–H and O–H groups in total. The van der Waals surface area contributed by atoms with Crippen LogP contribution in [0, 0.1) is 0 Å². The maximum atomic E-state index is 13.3. The van der Waals surface area contributed by atoms with Crippen molar-refractivity contribution in [3.8, 4) is 11.5 Å². The number of hydrogen-bond donors (Lipinski definition) is 1. The lowest BCUT2D eigenvalue weighted by atomic mass is 10.1. The number of rotatable bonds is 12. The van der Waals surface area contributed by atoms with E-state index >= 15 is 0 Å². The molecule has 38 heavy (non-hydrogen) atoms. The number of carbonyl (C=O) groups excluding carboxylic acids is 2. The van der Waals surface area contributed by atoms with Gasteiger partial charge >= 0.3 is 5.97 Å². The Bertz CT molecular complexity index is 1230. The van der Waals surface area contributed by atoms with Crippen molar-refractivity contribution >= 4 is 59.7 Å². The first-order valence-corrected chi connectivity index (χ1v) is 14.1. The Kier molecular flexibility index (Phi) is 11.6. The Morgan fingerprint density at radius 2 is 1.50 bits per heavy atom. The number of benzene rings is 3. The fourth-order valence-corrected chi connectivity index (χ4v) is 6.03. The first kappa shape index (κ1) is 30.1. The molecule has 0 radical (unpaired) electrons. The zero-order valence-electron chi connectivity index (χ0n) is 21.1. The summed E-state index contributed by atoms with van der Waals surface area (Å²) in [6.07, 6.45) is -1.29. The van der Waals surface area contributed by atoms with Crippen LogP contribution in [0.25, 0.3) is 0 Å². The van der Waals surface area contributed by atoms with Gasteiger partial charge in [0, 0.05) is 20.1 Å². The van der Waals surface area contributed by atoms with Crippen LogP contribution in [0.4, 0.5) is 0 Å². The molecule has 1 amide bonds. The van der Waals surface area contributed by atoms with Crippen molar-refractivity contribution < 1.29 is 28.5 Å². The molecule has 0 spiro atoms. The summed E-state index contributed by atoms with van der Waals surface area (Å²) in [4.78, 5) is 26.4. The standard InChI is InChI=1S/C28H28Br3NO6/c1-35-23-10-9-17(13-20(23)29)16-24(38-28(34)25(36-2)19-7-5-4-6-8-19)27(33)32-12-11-18-14-21(30)26(37-3)22(31)15-18/h4-10,13-15,24-25H,11-12,16H2,1-3H3,(H,32,33)/t24-,25-/m0/s1. The van der Waals surface area contributed by atoms with Crippen molar-refractivity contribution in [3.63, 3.8) is 0 Å². The molecule has 0 fully saturated rings. The van der Waals surface area contributed by atoms with Crippen molar-refractivity contribution in [2.45, 2.75) is 25.0 Å². The minimum atomic E-state index is -1.07. The number of amides is 1. The minimum absolute atomic E-state index is 0.172. The molecule has 0 heterocycles. The van der Waals surface area contributed by atoms with Crippen LogP contribution in [0.5, 0.6) is 11.5 Å². The normalized spacial score (nSPS) is 12.4. The molecule has 0 unspecified atom stereocenters. The van der Waals surface area contributed by atoms with E-state index in [0.717, 1.165) is 24.5 Å². The van der Waals surface area contributed by atoms with E-state index in [-0.39, 0.29) is 6.42 Å². The Balaban J connectivity index is 1.75. The first-order chi connectivity index (χ1) is 18.3. The molecule has 10 heteroatoms. The number of ether oxygens (including phenoxy) is 4. The van der Waals surface area contributed by atoms with Gasteiger partial charge in [0.05, 0.1) is 27.6 Å². The van der Waals surface area contributed by atoms with Gasteiger partial charge in [-0.15, -0.1) is 0 Å². The summed E-state index contributed by atoms with van der Waals surface area (Å²) in [6.45, 7) is 0.344. The summed E-state index contributed by atoms with van der Waals surface area (Å²) in [7, 11) is 4.60. The van der Waals surface area contributed by atoms with Gasteiger partial charge in [-0.1, -0.05) is 36.4 Å². The molecular formula is C28H28Br3NO6. The van der Waals surface area contributed by atoms with E-state index in [0.29, 0.717) is 30.0 Å². The number of esters is 1. The van der Waals surface area contributed by atoms with E-state index < -0.39 is 24.1 Å². The summed E-state index contributed by atoms with van der Waals surface area (Å²) in [5.74, 6) is 0.308. The Morgan fingerprint density at radius 1 is 0.842 bits per heavy atom. The molecule has 0 saturated carbocycles. The fourth-order valence-electron chi connectivity index (χ4n) is 3.83. The largest absolute Gasteiger partial charge is 0.496 e. The van der Waals surface area contributed by atoms with E-state index in [1.165, 1.54) is 7.11 Å². The third-order valence-electron chi connectivity index (χ3n) is 5.72. The number of carbonyl (C=O) groups is 2. The third-order valence-corrected chi connectivity index (χ3v) is 7.51. The number of hydrogen-bond acceptors (Lipinski definition) is 6. The minimum Gasteiger partial charge on any atom is -0.496 e. The van der Waals surface area contributed by atoms with Gasteiger partial charge in [0.2, 0.25) is 0 Å². The molecule has 0 saturated heterocycles. The predicted molar refractivity (Wildman–Crippen MR) is 156 cm³/mol. The summed E-state index contributed by atoms with van der Waals surface area (Å²) < 4.78 is 24.1. The predicted octanol–water partition coefficient (Wildman–Crippen LogP) is 6.19. The van der Waals surface area contributed by atoms with Crippen LogP contribution in [0.1, 0.15) is 22.8 Å². The molecule has 3 aromatic carbocycles. The molecule has 0 aliphatic heterocycles. The van der Waals surface area contributed by atoms with Gasteiger partial charge in [-0.3, -0.25) is 4.79 Å². The maximum absolute atomic E-state index is 13.3. The van der Waals surface area contributed by atoms with Gasteiger partial charge < -0.3 is 24.3 Å². The van der Waals surface area contributed by atoms with E-state index in [4.69, 9.17) is 18.9 Å². The zero-order valence-corrected chi connectivity index (χ0v) is 25.9. The summed E-state index contributed by atoms with van der Waals surface area (Å²) in [6, 6.07) is 18.3. The lowest BCUT2D eigenvalue weighted by molar-refractivity contribution is -0.165. The zero-order chi connectivity index (χ0) is 27.7. The lowest BCUT2D eigenvalue weighted by Crippen LogP contribution is -2.41. The van der Waals surface area contributed by atoms with Gasteiger partial charge in [0.25, 0.3) is 5.91 Å². The molecule has 0 aromatic heterocycles. The Hall–Kier alpha value is -2.40. The van der Waals surface area contributed by atoms with Crippen LogP contribution in [0.15, 0.2) is 74.1 Å². The Labute approximate surface area is 247 Å². The van der Waals surface area contributed by atoms with Crippen molar-refractivity contribution in [3.05, 3.63) is 90.8 Å². The third kappa shape index (κ3) is 8.05. The quantitative estimate of drug-likeness (QED) is 0.226. The highest BCUT2D eigenvalue weighted by Crippen LogP contribution is 2.34. The number of methoxy groups -OCH3 is 3. The molecule has 3 aromatic rings. The van der Waals surface area contributed by atoms with E-state index in [1.54, 1.807) is 32.4 Å². The Morgan fingerprint density at radius 3 is 2.08 bits per heavy atom. The van der Waals surface area contributed by atoms with E-state index in [9.17, 15) is 9.59 Å². The van der Waals surface area contributed by atoms with Crippen molar-refractivity contribution in [2.75, 3.05) is 27.9 Å². The van der Waals surface area contributed by atoms with Gasteiger partial charge in [-0.25, -0.2) is 4.79 Å². The van der Waals surface area contributed by atoms with Crippen molar-refractivity contribution in [2.24, 2.45) is 0 Å². The van der Waals surface area contributed by atoms with Crippen LogP contribution in [0.2, 0.25) is 0 Å². The topological polar surface area (TPSA) is 83.1 Å². The molecule has 0 aliphatic rings. The second-order valence-corrected chi connectivity index (χ2v) is 10.8. The van der Waals surface area contributed by atoms with Crippen LogP contribution in [0.3, 0.4) is 0 Å². The average Bonchev–Trinajstić information content (AvgIpc) is 2.89. The van der Waals surface area contributed by atoms with Crippen LogP contribution in [-0.4, -0.2) is 45.9 Å². The number of halogens is 3. The van der Waals surface area contributed by atoms with Gasteiger partial charge in [0.15, 0.2) is 12.2 Å². The average molecular weight is 714 g/mol. The molecule has 3 rings (SSSR count). The second-order valence-electron chi connectivity index (χ2n) is 8.26. The molecule has 0 bridgehead atoms. The maximum Gasteiger partial charge on any atom is 0.340 e. The highest BCUT2D eigenvalue weighted by Gasteiger charge is 2.29. The molecule has 0 aliphatic carbocycles. The van der Waals surface area contributed by atoms with Crippen LogP contribution in [-0.2, 0) is 31.9 Å². The molecule has 2 atom stereocenters. The summed E-state index contributed by atoms with van der Waals surface area (Å²) >= 11 is 10.5. The molecule has 202 valence electrons. The fraction of sp³-hybridized carbons (Fsp3) is 0.286. The number of nitrogens with one attached hydrogen (secondary N) is 1. The van der Waals surface area contributed by atoms with Crippen molar-refractivity contribution in [1.82, 2.24) is 5.32 Å². The van der Waals surface area contributed by atoms with Gasteiger partial charge in [0.1, 0.15) is 11.5 Å². The van der Waals surface area contributed by atoms with E-state index in [2.05, 4.69) is 53.1 Å². The van der Waals surface area contributed by atoms with Gasteiger partial charge in [-0.2, -0.15) is 0 Å². The lowest BCUT2D eigenvalue weighted by Gasteiger charge is -2.21. The first-order valence-electron chi connectivity index (χ1n) is 11.7. The summed E-state index contributed by atoms with van der Waals surface area (Å²) in [5.41, 5.74) is 2.42. The van der Waals surface area contributed by atoms with Crippen LogP contribution >= 0.6 is 47.8 Å². The van der Waals surface area contributed by atoms with Crippen molar-refractivity contribution in [1.29, 1.82) is 0 Å². The van der Waals surface area contributed by atoms with Gasteiger partial charge in [-0.05, 0) is 95.2 Å². The second kappa shape index (κ2) is 14.7. The SMILES string of the molecule is COc1ccc(C[C@H](OC(=O)[C@@H](OC)c2ccccc2)C(=O)NCCc2cc(Br)c(OC)c(Br)c2)cc1Br.